The molecular formula is C10H15NO3. The molecule has 0 atom stereocenters. The van der Waals surface area contributed by atoms with Gasteiger partial charge in [0.2, 0.25) is 5.91 Å². The number of aliphatic hydroxyl groups is 1. The Morgan fingerprint density at radius 2 is 2.36 bits per heavy atom. The molecule has 0 aromatic carbocycles. The zero-order valence-corrected chi connectivity index (χ0v) is 8.41. The Morgan fingerprint density at radius 3 is 2.86 bits per heavy atom. The highest BCUT2D eigenvalue weighted by Crippen LogP contribution is 2.04. The van der Waals surface area contributed by atoms with Gasteiger partial charge in [-0.3, -0.25) is 4.79 Å². The van der Waals surface area contributed by atoms with Crippen LogP contribution in [0.4, 0.5) is 0 Å². The van der Waals surface area contributed by atoms with E-state index in [2.05, 4.69) is 5.32 Å². The van der Waals surface area contributed by atoms with Crippen molar-refractivity contribution >= 4 is 5.91 Å². The van der Waals surface area contributed by atoms with Gasteiger partial charge in [-0.25, -0.2) is 0 Å². The summed E-state index contributed by atoms with van der Waals surface area (Å²) in [5, 5.41) is 11.6. The van der Waals surface area contributed by atoms with E-state index in [1.807, 2.05) is 0 Å². The van der Waals surface area contributed by atoms with Gasteiger partial charge in [0.1, 0.15) is 5.76 Å². The fourth-order valence-corrected chi connectivity index (χ4v) is 1.03. The van der Waals surface area contributed by atoms with Gasteiger partial charge < -0.3 is 14.8 Å². The molecule has 4 heteroatoms. The molecule has 1 aromatic rings. The summed E-state index contributed by atoms with van der Waals surface area (Å²) >= 11 is 0. The molecule has 1 rings (SSSR count). The minimum absolute atomic E-state index is 0.0864. The largest absolute Gasteiger partial charge is 0.469 e. The summed E-state index contributed by atoms with van der Waals surface area (Å²) in [6.07, 6.45) is 1.73. The Morgan fingerprint density at radius 1 is 1.64 bits per heavy atom. The highest BCUT2D eigenvalue weighted by Gasteiger charge is 2.19. The van der Waals surface area contributed by atoms with E-state index in [4.69, 9.17) is 9.52 Å². The summed E-state index contributed by atoms with van der Waals surface area (Å²) in [6.45, 7) is 3.43. The topological polar surface area (TPSA) is 62.5 Å². The van der Waals surface area contributed by atoms with Gasteiger partial charge in [-0.15, -0.1) is 0 Å². The zero-order chi connectivity index (χ0) is 10.6. The molecule has 0 unspecified atom stereocenters. The molecule has 1 amide bonds. The standard InChI is InChI=1S/C10H15NO3/c1-10(2,7-12)11-9(13)6-8-4-3-5-14-8/h3-5,12H,6-7H2,1-2H3,(H,11,13). The van der Waals surface area contributed by atoms with Crippen LogP contribution < -0.4 is 5.32 Å². The Bertz CT molecular complexity index is 290. The van der Waals surface area contributed by atoms with Crippen molar-refractivity contribution in [3.05, 3.63) is 24.2 Å². The molecule has 0 bridgehead atoms. The lowest BCUT2D eigenvalue weighted by atomic mass is 10.1. The molecule has 2 N–H and O–H groups in total. The first-order chi connectivity index (χ1) is 6.53. The molecule has 0 aliphatic rings. The van der Waals surface area contributed by atoms with E-state index in [0.29, 0.717) is 5.76 Å². The van der Waals surface area contributed by atoms with E-state index in [1.165, 1.54) is 6.26 Å². The maximum Gasteiger partial charge on any atom is 0.228 e. The number of carbonyl (C=O) groups excluding carboxylic acids is 1. The van der Waals surface area contributed by atoms with E-state index >= 15 is 0 Å². The predicted molar refractivity (Wildman–Crippen MR) is 51.7 cm³/mol. The van der Waals surface area contributed by atoms with Crippen molar-refractivity contribution in [2.45, 2.75) is 25.8 Å². The second-order valence-corrected chi connectivity index (χ2v) is 3.85. The Kier molecular flexibility index (Phi) is 3.30. The zero-order valence-electron chi connectivity index (χ0n) is 8.41. The summed E-state index contributed by atoms with van der Waals surface area (Å²) in [6, 6.07) is 3.48. The average Bonchev–Trinajstić information content (AvgIpc) is 2.55. The third-order valence-corrected chi connectivity index (χ3v) is 1.79. The lowest BCUT2D eigenvalue weighted by molar-refractivity contribution is -0.122. The first kappa shape index (κ1) is 10.8. The number of amides is 1. The van der Waals surface area contributed by atoms with Gasteiger partial charge >= 0.3 is 0 Å². The van der Waals surface area contributed by atoms with Crippen molar-refractivity contribution in [1.29, 1.82) is 0 Å². The molecule has 14 heavy (non-hydrogen) atoms. The second kappa shape index (κ2) is 4.28. The lowest BCUT2D eigenvalue weighted by Gasteiger charge is -2.23. The van der Waals surface area contributed by atoms with Crippen molar-refractivity contribution in [2.75, 3.05) is 6.61 Å². The van der Waals surface area contributed by atoms with E-state index in [0.717, 1.165) is 0 Å². The normalized spacial score (nSPS) is 11.4. The molecule has 78 valence electrons. The molecule has 0 fully saturated rings. The number of nitrogens with one attached hydrogen (secondary N) is 1. The number of aliphatic hydroxyl groups excluding tert-OH is 1. The molecule has 0 aliphatic heterocycles. The second-order valence-electron chi connectivity index (χ2n) is 3.85. The van der Waals surface area contributed by atoms with Crippen LogP contribution in [-0.2, 0) is 11.2 Å². The first-order valence-electron chi connectivity index (χ1n) is 4.48. The van der Waals surface area contributed by atoms with Gasteiger partial charge in [-0.1, -0.05) is 0 Å². The van der Waals surface area contributed by atoms with Crippen LogP contribution in [0.2, 0.25) is 0 Å². The number of hydrogen-bond acceptors (Lipinski definition) is 3. The summed E-state index contributed by atoms with van der Waals surface area (Å²) in [4.78, 5) is 11.4. The quantitative estimate of drug-likeness (QED) is 0.747. The van der Waals surface area contributed by atoms with Gasteiger partial charge in [0, 0.05) is 0 Å². The third kappa shape index (κ3) is 3.22. The molecule has 4 nitrogen and oxygen atoms in total. The molecule has 0 spiro atoms. The molecule has 0 aliphatic carbocycles. The average molecular weight is 197 g/mol. The summed E-state index contributed by atoms with van der Waals surface area (Å²) in [5.41, 5.74) is -0.580. The smallest absolute Gasteiger partial charge is 0.228 e. The SMILES string of the molecule is CC(C)(CO)NC(=O)Cc1ccco1. The van der Waals surface area contributed by atoms with Crippen molar-refractivity contribution in [1.82, 2.24) is 5.32 Å². The monoisotopic (exact) mass is 197 g/mol. The number of hydrogen-bond donors (Lipinski definition) is 2. The van der Waals surface area contributed by atoms with Gasteiger partial charge in [0.15, 0.2) is 0 Å². The van der Waals surface area contributed by atoms with Crippen LogP contribution in [0.1, 0.15) is 19.6 Å². The predicted octanol–water partition coefficient (Wildman–Crippen LogP) is 0.709. The van der Waals surface area contributed by atoms with E-state index in [-0.39, 0.29) is 18.9 Å². The van der Waals surface area contributed by atoms with E-state index in [9.17, 15) is 4.79 Å². The molecule has 0 radical (unpaired) electrons. The molecule has 1 heterocycles. The van der Waals surface area contributed by atoms with Gasteiger partial charge in [-0.2, -0.15) is 0 Å². The minimum Gasteiger partial charge on any atom is -0.469 e. The van der Waals surface area contributed by atoms with Crippen molar-refractivity contribution < 1.29 is 14.3 Å². The number of rotatable bonds is 4. The van der Waals surface area contributed by atoms with Crippen LogP contribution in [0, 0.1) is 0 Å². The fourth-order valence-electron chi connectivity index (χ4n) is 1.03. The summed E-state index contributed by atoms with van der Waals surface area (Å²) in [5.74, 6) is 0.468. The van der Waals surface area contributed by atoms with Crippen LogP contribution in [0.3, 0.4) is 0 Å². The molecular weight excluding hydrogens is 182 g/mol. The maximum absolute atomic E-state index is 11.4. The minimum atomic E-state index is -0.580. The van der Waals surface area contributed by atoms with Crippen molar-refractivity contribution in [2.24, 2.45) is 0 Å². The number of furan rings is 1. The molecule has 1 aromatic heterocycles. The first-order valence-corrected chi connectivity index (χ1v) is 4.48. The van der Waals surface area contributed by atoms with Crippen LogP contribution in [0.15, 0.2) is 22.8 Å². The third-order valence-electron chi connectivity index (χ3n) is 1.79. The van der Waals surface area contributed by atoms with Crippen LogP contribution >= 0.6 is 0 Å². The Labute approximate surface area is 82.9 Å². The van der Waals surface area contributed by atoms with Gasteiger partial charge in [-0.05, 0) is 26.0 Å². The fraction of sp³-hybridized carbons (Fsp3) is 0.500. The van der Waals surface area contributed by atoms with Gasteiger partial charge in [0.05, 0.1) is 24.8 Å². The van der Waals surface area contributed by atoms with Gasteiger partial charge in [0.25, 0.3) is 0 Å². The molecule has 0 saturated carbocycles. The summed E-state index contributed by atoms with van der Waals surface area (Å²) < 4.78 is 5.03. The maximum atomic E-state index is 11.4. The Hall–Kier alpha value is -1.29. The highest BCUT2D eigenvalue weighted by molar-refractivity contribution is 5.78. The highest BCUT2D eigenvalue weighted by atomic mass is 16.3. The summed E-state index contributed by atoms with van der Waals surface area (Å²) in [7, 11) is 0. The van der Waals surface area contributed by atoms with E-state index in [1.54, 1.807) is 26.0 Å². The van der Waals surface area contributed by atoms with Crippen LogP contribution in [-0.4, -0.2) is 23.2 Å². The van der Waals surface area contributed by atoms with Crippen LogP contribution in [0.25, 0.3) is 0 Å². The molecule has 0 saturated heterocycles. The van der Waals surface area contributed by atoms with Crippen molar-refractivity contribution in [3.63, 3.8) is 0 Å². The lowest BCUT2D eigenvalue weighted by Crippen LogP contribution is -2.46. The number of carbonyl (C=O) groups is 1. The van der Waals surface area contributed by atoms with Crippen molar-refractivity contribution in [3.8, 4) is 0 Å². The van der Waals surface area contributed by atoms with E-state index < -0.39 is 5.54 Å². The van der Waals surface area contributed by atoms with Crippen LogP contribution in [0.5, 0.6) is 0 Å². The Balaban J connectivity index is 2.44.